The summed E-state index contributed by atoms with van der Waals surface area (Å²) in [5.41, 5.74) is 0. The Morgan fingerprint density at radius 2 is 1.83 bits per heavy atom. The molecule has 3 heteroatoms. The fraction of sp³-hybridized carbons (Fsp3) is 0.556. The molecule has 0 bridgehead atoms. The van der Waals surface area contributed by atoms with Gasteiger partial charge in [-0.05, 0) is 5.92 Å². The van der Waals surface area contributed by atoms with Crippen molar-refractivity contribution < 1.29 is 4.74 Å². The van der Waals surface area contributed by atoms with Crippen LogP contribution in [0.25, 0.3) is 0 Å². The van der Waals surface area contributed by atoms with Crippen molar-refractivity contribution in [2.24, 2.45) is 5.92 Å². The number of rotatable bonds is 1. The highest BCUT2D eigenvalue weighted by atomic mass is 16.5. The first kappa shape index (κ1) is 10.9. The molecule has 1 rings (SSSR count). The summed E-state index contributed by atoms with van der Waals surface area (Å²) in [6.45, 7) is 6.50. The quantitative estimate of drug-likeness (QED) is 0.644. The Kier molecular flexibility index (Phi) is 5.97. The first-order chi connectivity index (χ1) is 5.66. The number of hydrogen-bond donors (Lipinski definition) is 0. The van der Waals surface area contributed by atoms with E-state index in [1.807, 2.05) is 0 Å². The summed E-state index contributed by atoms with van der Waals surface area (Å²) in [5.74, 6) is 1.38. The van der Waals surface area contributed by atoms with Crippen LogP contribution in [0, 0.1) is 5.92 Å². The van der Waals surface area contributed by atoms with Crippen molar-refractivity contribution >= 4 is 0 Å². The van der Waals surface area contributed by atoms with Crippen molar-refractivity contribution in [3.05, 3.63) is 18.6 Å². The monoisotopic (exact) mass is 168 g/mol. The number of methoxy groups -OCH3 is 1. The van der Waals surface area contributed by atoms with Gasteiger partial charge in [0.2, 0.25) is 5.88 Å². The third kappa shape index (κ3) is 6.99. The third-order valence-electron chi connectivity index (χ3n) is 0.749. The molecule has 0 unspecified atom stereocenters. The molecular formula is C9H16N2O. The molecule has 0 atom stereocenters. The molecule has 0 aliphatic carbocycles. The lowest BCUT2D eigenvalue weighted by molar-refractivity contribution is 0.395. The van der Waals surface area contributed by atoms with Crippen LogP contribution in [0.1, 0.15) is 20.8 Å². The summed E-state index contributed by atoms with van der Waals surface area (Å²) < 4.78 is 4.74. The minimum absolute atomic E-state index is 0.549. The zero-order valence-electron chi connectivity index (χ0n) is 8.11. The molecular weight excluding hydrogens is 152 g/mol. The molecule has 1 aromatic rings. The zero-order valence-corrected chi connectivity index (χ0v) is 8.11. The van der Waals surface area contributed by atoms with Crippen molar-refractivity contribution in [2.45, 2.75) is 20.8 Å². The van der Waals surface area contributed by atoms with E-state index in [0.717, 1.165) is 5.92 Å². The number of nitrogens with zero attached hydrogens (tertiary/aromatic N) is 2. The van der Waals surface area contributed by atoms with Crippen LogP contribution in [-0.4, -0.2) is 17.1 Å². The topological polar surface area (TPSA) is 35.0 Å². The molecule has 1 aromatic heterocycles. The summed E-state index contributed by atoms with van der Waals surface area (Å²) in [6.07, 6.45) is 4.74. The van der Waals surface area contributed by atoms with Crippen LogP contribution in [0.5, 0.6) is 5.88 Å². The van der Waals surface area contributed by atoms with E-state index in [1.54, 1.807) is 25.7 Å². The van der Waals surface area contributed by atoms with Gasteiger partial charge in [-0.3, -0.25) is 4.98 Å². The van der Waals surface area contributed by atoms with Crippen molar-refractivity contribution in [1.82, 2.24) is 9.97 Å². The Balaban J connectivity index is 0.000000261. The van der Waals surface area contributed by atoms with Gasteiger partial charge in [-0.25, -0.2) is 4.98 Å². The Hall–Kier alpha value is -1.12. The second kappa shape index (κ2) is 6.58. The van der Waals surface area contributed by atoms with E-state index < -0.39 is 0 Å². The SMILES string of the molecule is CC(C)C.COc1cnccn1. The molecule has 3 nitrogen and oxygen atoms in total. The maximum Gasteiger partial charge on any atom is 0.231 e. The minimum Gasteiger partial charge on any atom is -0.480 e. The van der Waals surface area contributed by atoms with Gasteiger partial charge in [-0.1, -0.05) is 20.8 Å². The van der Waals surface area contributed by atoms with Crippen LogP contribution >= 0.6 is 0 Å². The predicted molar refractivity (Wildman–Crippen MR) is 49.1 cm³/mol. The van der Waals surface area contributed by atoms with Crippen LogP contribution < -0.4 is 4.74 Å². The second-order valence-corrected chi connectivity index (χ2v) is 2.98. The molecule has 12 heavy (non-hydrogen) atoms. The van der Waals surface area contributed by atoms with Gasteiger partial charge in [0.1, 0.15) is 0 Å². The third-order valence-corrected chi connectivity index (χ3v) is 0.749. The van der Waals surface area contributed by atoms with Crippen LogP contribution in [0.4, 0.5) is 0 Å². The smallest absolute Gasteiger partial charge is 0.231 e. The van der Waals surface area contributed by atoms with Gasteiger partial charge >= 0.3 is 0 Å². The Bertz CT molecular complexity index is 184. The van der Waals surface area contributed by atoms with E-state index in [1.165, 1.54) is 0 Å². The van der Waals surface area contributed by atoms with E-state index in [2.05, 4.69) is 30.7 Å². The molecule has 1 heterocycles. The minimum atomic E-state index is 0.549. The standard InChI is InChI=1S/C5H6N2O.C4H10/c1-8-5-4-6-2-3-7-5;1-4(2)3/h2-4H,1H3;4H,1-3H3. The zero-order chi connectivity index (χ0) is 9.40. The van der Waals surface area contributed by atoms with Gasteiger partial charge in [-0.15, -0.1) is 0 Å². The fourth-order valence-corrected chi connectivity index (χ4v) is 0.391. The van der Waals surface area contributed by atoms with Crippen molar-refractivity contribution in [2.75, 3.05) is 7.11 Å². The molecule has 0 saturated carbocycles. The highest BCUT2D eigenvalue weighted by Crippen LogP contribution is 1.96. The molecule has 0 aromatic carbocycles. The van der Waals surface area contributed by atoms with Gasteiger partial charge in [0.15, 0.2) is 0 Å². The molecule has 0 N–H and O–H groups in total. The van der Waals surface area contributed by atoms with Crippen molar-refractivity contribution in [1.29, 1.82) is 0 Å². The van der Waals surface area contributed by atoms with Crippen LogP contribution in [0.3, 0.4) is 0 Å². The van der Waals surface area contributed by atoms with E-state index in [9.17, 15) is 0 Å². The highest BCUT2D eigenvalue weighted by molar-refractivity contribution is 5.00. The number of hydrogen-bond acceptors (Lipinski definition) is 3. The summed E-state index contributed by atoms with van der Waals surface area (Å²) >= 11 is 0. The first-order valence-corrected chi connectivity index (χ1v) is 3.96. The first-order valence-electron chi connectivity index (χ1n) is 3.96. The van der Waals surface area contributed by atoms with Gasteiger partial charge in [0.05, 0.1) is 13.3 Å². The fourth-order valence-electron chi connectivity index (χ4n) is 0.391. The molecule has 0 saturated heterocycles. The molecule has 0 fully saturated rings. The van der Waals surface area contributed by atoms with Crippen LogP contribution in [0.2, 0.25) is 0 Å². The summed E-state index contributed by atoms with van der Waals surface area (Å²) in [5, 5.41) is 0. The lowest BCUT2D eigenvalue weighted by Crippen LogP contribution is -1.85. The van der Waals surface area contributed by atoms with Crippen LogP contribution in [0.15, 0.2) is 18.6 Å². The van der Waals surface area contributed by atoms with Crippen molar-refractivity contribution in [3.8, 4) is 5.88 Å². The maximum absolute atomic E-state index is 4.74. The van der Waals surface area contributed by atoms with Crippen LogP contribution in [-0.2, 0) is 0 Å². The number of ether oxygens (including phenoxy) is 1. The molecule has 68 valence electrons. The average molecular weight is 168 g/mol. The Morgan fingerprint density at radius 3 is 2.08 bits per heavy atom. The average Bonchev–Trinajstić information content (AvgIpc) is 2.05. The lowest BCUT2D eigenvalue weighted by atomic mass is 10.3. The largest absolute Gasteiger partial charge is 0.480 e. The maximum atomic E-state index is 4.74. The van der Waals surface area contributed by atoms with Gasteiger partial charge in [0, 0.05) is 12.4 Å². The second-order valence-electron chi connectivity index (χ2n) is 2.98. The normalized spacial score (nSPS) is 8.75. The summed E-state index contributed by atoms with van der Waals surface area (Å²) in [7, 11) is 1.56. The molecule has 0 aliphatic rings. The van der Waals surface area contributed by atoms with Crippen molar-refractivity contribution in [3.63, 3.8) is 0 Å². The number of aromatic nitrogens is 2. The Morgan fingerprint density at radius 1 is 1.25 bits per heavy atom. The summed E-state index contributed by atoms with van der Waals surface area (Å²) in [6, 6.07) is 0. The molecule has 0 spiro atoms. The van der Waals surface area contributed by atoms with Gasteiger partial charge in [0.25, 0.3) is 0 Å². The van der Waals surface area contributed by atoms with E-state index in [-0.39, 0.29) is 0 Å². The lowest BCUT2D eigenvalue weighted by Gasteiger charge is -1.91. The summed E-state index contributed by atoms with van der Waals surface area (Å²) in [4.78, 5) is 7.58. The molecule has 0 aliphatic heterocycles. The molecule has 0 amide bonds. The van der Waals surface area contributed by atoms with Gasteiger partial charge in [-0.2, -0.15) is 0 Å². The molecule has 0 radical (unpaired) electrons. The Labute approximate surface area is 73.8 Å². The van der Waals surface area contributed by atoms with E-state index in [0.29, 0.717) is 5.88 Å². The van der Waals surface area contributed by atoms with E-state index >= 15 is 0 Å². The highest BCUT2D eigenvalue weighted by Gasteiger charge is 1.83. The van der Waals surface area contributed by atoms with Gasteiger partial charge < -0.3 is 4.74 Å². The van der Waals surface area contributed by atoms with E-state index in [4.69, 9.17) is 4.74 Å². The predicted octanol–water partition coefficient (Wildman–Crippen LogP) is 2.15.